The summed E-state index contributed by atoms with van der Waals surface area (Å²) in [5, 5.41) is 26.5. The van der Waals surface area contributed by atoms with Crippen molar-refractivity contribution in [2.45, 2.75) is 31.4 Å². The summed E-state index contributed by atoms with van der Waals surface area (Å²) < 4.78 is 6.89. The summed E-state index contributed by atoms with van der Waals surface area (Å²) >= 11 is 0. The Morgan fingerprint density at radius 3 is 2.78 bits per heavy atom. The molecule has 0 radical (unpaired) electrons. The molecular formula is C20H24N8O4. The van der Waals surface area contributed by atoms with Crippen molar-refractivity contribution in [3.05, 3.63) is 24.7 Å². The molecule has 0 aliphatic carbocycles. The highest BCUT2D eigenvalue weighted by Crippen LogP contribution is 2.27. The second-order valence-corrected chi connectivity index (χ2v) is 8.18. The van der Waals surface area contributed by atoms with Crippen molar-refractivity contribution < 1.29 is 19.4 Å². The molecule has 2 aromatic rings. The topological polar surface area (TPSA) is 150 Å². The molecule has 0 aromatic carbocycles. The molecule has 12 nitrogen and oxygen atoms in total. The van der Waals surface area contributed by atoms with Crippen LogP contribution in [0.5, 0.6) is 0 Å². The number of carbonyl (C=O) groups is 2. The minimum atomic E-state index is -2.03. The molecular weight excluding hydrogens is 416 g/mol. The van der Waals surface area contributed by atoms with Crippen LogP contribution in [0.4, 0.5) is 17.5 Å². The maximum absolute atomic E-state index is 13.0. The lowest BCUT2D eigenvalue weighted by Crippen LogP contribution is -2.51. The van der Waals surface area contributed by atoms with E-state index in [0.717, 1.165) is 0 Å². The number of carbonyl (C=O) groups excluding carboxylic acids is 2. The first kappa shape index (κ1) is 21.7. The summed E-state index contributed by atoms with van der Waals surface area (Å²) in [6, 6.07) is 3.18. The third-order valence-electron chi connectivity index (χ3n) is 5.63. The first-order chi connectivity index (χ1) is 15.2. The highest BCUT2D eigenvalue weighted by atomic mass is 16.5. The minimum absolute atomic E-state index is 0.00806. The number of aromatic nitrogens is 4. The van der Waals surface area contributed by atoms with Crippen LogP contribution in [0.1, 0.15) is 20.3 Å². The second kappa shape index (κ2) is 8.18. The number of hydrogen-bond donors (Lipinski definition) is 2. The molecule has 12 heteroatoms. The second-order valence-electron chi connectivity index (χ2n) is 8.18. The molecule has 2 saturated heterocycles. The fourth-order valence-corrected chi connectivity index (χ4v) is 3.66. The van der Waals surface area contributed by atoms with Crippen molar-refractivity contribution >= 4 is 29.3 Å². The maximum atomic E-state index is 13.0. The van der Waals surface area contributed by atoms with E-state index in [-0.39, 0.29) is 30.6 Å². The van der Waals surface area contributed by atoms with Gasteiger partial charge in [-0.05, 0) is 19.9 Å². The molecule has 32 heavy (non-hydrogen) atoms. The first-order valence-corrected chi connectivity index (χ1v) is 10.2. The fraction of sp³-hybridized carbons (Fsp3) is 0.500. The van der Waals surface area contributed by atoms with Gasteiger partial charge in [0.05, 0.1) is 25.1 Å². The van der Waals surface area contributed by atoms with E-state index in [4.69, 9.17) is 10.00 Å². The highest BCUT2D eigenvalue weighted by molar-refractivity contribution is 6.03. The van der Waals surface area contributed by atoms with Crippen molar-refractivity contribution in [2.75, 3.05) is 43.1 Å². The molecule has 2 aliphatic rings. The van der Waals surface area contributed by atoms with Gasteiger partial charge in [0.1, 0.15) is 17.4 Å². The van der Waals surface area contributed by atoms with Crippen LogP contribution in [-0.2, 0) is 19.9 Å². The molecule has 2 fully saturated rings. The fourth-order valence-electron chi connectivity index (χ4n) is 3.66. The average molecular weight is 440 g/mol. The molecule has 4 rings (SSSR count). The zero-order valence-electron chi connectivity index (χ0n) is 17.9. The van der Waals surface area contributed by atoms with Gasteiger partial charge < -0.3 is 20.1 Å². The summed E-state index contributed by atoms with van der Waals surface area (Å²) in [6.45, 7) is 5.91. The van der Waals surface area contributed by atoms with E-state index in [1.54, 1.807) is 41.9 Å². The predicted octanol–water partition coefficient (Wildman–Crippen LogP) is 0.00198. The van der Waals surface area contributed by atoms with Crippen LogP contribution in [0, 0.1) is 11.3 Å². The SMILES string of the molecule is CC(C)(C(=O)N1CCOCC1)n1cc(Nc2nccc(N3CC[C@](O)(C#N)C3=O)n2)cn1. The van der Waals surface area contributed by atoms with Gasteiger partial charge in [0.15, 0.2) is 0 Å². The smallest absolute Gasteiger partial charge is 0.275 e. The Morgan fingerprint density at radius 1 is 1.34 bits per heavy atom. The molecule has 0 unspecified atom stereocenters. The summed E-state index contributed by atoms with van der Waals surface area (Å²) in [6.07, 6.45) is 4.72. The van der Waals surface area contributed by atoms with Gasteiger partial charge in [-0.15, -0.1) is 0 Å². The summed E-state index contributed by atoms with van der Waals surface area (Å²) in [4.78, 5) is 36.8. The molecule has 2 amide bonds. The zero-order chi connectivity index (χ0) is 22.9. The lowest BCUT2D eigenvalue weighted by molar-refractivity contribution is -0.143. The van der Waals surface area contributed by atoms with Gasteiger partial charge in [-0.3, -0.25) is 19.2 Å². The van der Waals surface area contributed by atoms with Crippen LogP contribution >= 0.6 is 0 Å². The van der Waals surface area contributed by atoms with E-state index >= 15 is 0 Å². The Labute approximate surface area is 184 Å². The van der Waals surface area contributed by atoms with E-state index in [1.807, 2.05) is 0 Å². The van der Waals surface area contributed by atoms with Gasteiger partial charge in [0.2, 0.25) is 17.5 Å². The van der Waals surface area contributed by atoms with Crippen molar-refractivity contribution in [3.8, 4) is 6.07 Å². The summed E-state index contributed by atoms with van der Waals surface area (Å²) in [5.41, 5.74) is -2.37. The molecule has 0 saturated carbocycles. The molecule has 0 bridgehead atoms. The van der Waals surface area contributed by atoms with Crippen molar-refractivity contribution in [2.24, 2.45) is 0 Å². The molecule has 168 valence electrons. The Hall–Kier alpha value is -3.56. The van der Waals surface area contributed by atoms with Gasteiger partial charge in [0, 0.05) is 38.4 Å². The van der Waals surface area contributed by atoms with Crippen molar-refractivity contribution in [1.29, 1.82) is 5.26 Å². The number of anilines is 3. The zero-order valence-corrected chi connectivity index (χ0v) is 17.9. The lowest BCUT2D eigenvalue weighted by Gasteiger charge is -2.34. The highest BCUT2D eigenvalue weighted by Gasteiger charge is 2.46. The average Bonchev–Trinajstić information content (AvgIpc) is 3.39. The number of morpholine rings is 1. The Balaban J connectivity index is 1.48. The monoisotopic (exact) mass is 440 g/mol. The van der Waals surface area contributed by atoms with Crippen LogP contribution < -0.4 is 10.2 Å². The van der Waals surface area contributed by atoms with Crippen LogP contribution in [0.3, 0.4) is 0 Å². The third kappa shape index (κ3) is 3.88. The number of aliphatic hydroxyl groups is 1. The maximum Gasteiger partial charge on any atom is 0.275 e. The third-order valence-corrected chi connectivity index (χ3v) is 5.63. The standard InChI is InChI=1S/C20H24N8O4/c1-19(2,16(29)26-7-9-32-10-8-26)28-12-14(11-23-28)24-18-22-5-3-15(25-18)27-6-4-20(31,13-21)17(27)30/h3,5,11-12,31H,4,6-10H2,1-2H3,(H,22,24,25)/t20-/m0/s1. The van der Waals surface area contributed by atoms with E-state index in [9.17, 15) is 14.7 Å². The largest absolute Gasteiger partial charge is 0.378 e. The van der Waals surface area contributed by atoms with E-state index in [2.05, 4.69) is 20.4 Å². The van der Waals surface area contributed by atoms with Crippen molar-refractivity contribution in [1.82, 2.24) is 24.6 Å². The van der Waals surface area contributed by atoms with Crippen molar-refractivity contribution in [3.63, 3.8) is 0 Å². The Kier molecular flexibility index (Phi) is 5.53. The lowest BCUT2D eigenvalue weighted by atomic mass is 10.0. The number of hydrogen-bond acceptors (Lipinski definition) is 9. The molecule has 0 spiro atoms. The Morgan fingerprint density at radius 2 is 2.09 bits per heavy atom. The van der Waals surface area contributed by atoms with Gasteiger partial charge in [-0.25, -0.2) is 4.98 Å². The molecule has 2 N–H and O–H groups in total. The minimum Gasteiger partial charge on any atom is -0.378 e. The number of ether oxygens (including phenoxy) is 1. The number of nitrogens with one attached hydrogen (secondary N) is 1. The number of nitriles is 1. The summed E-state index contributed by atoms with van der Waals surface area (Å²) in [5.74, 6) is -0.277. The molecule has 4 heterocycles. The normalized spacial score (nSPS) is 21.5. The number of amides is 2. The molecule has 2 aliphatic heterocycles. The predicted molar refractivity (Wildman–Crippen MR) is 112 cm³/mol. The van der Waals surface area contributed by atoms with Crippen LogP contribution in [0.15, 0.2) is 24.7 Å². The first-order valence-electron chi connectivity index (χ1n) is 10.2. The van der Waals surface area contributed by atoms with Crippen LogP contribution in [0.25, 0.3) is 0 Å². The van der Waals surface area contributed by atoms with E-state index in [1.165, 1.54) is 17.2 Å². The van der Waals surface area contributed by atoms with Gasteiger partial charge in [0.25, 0.3) is 5.91 Å². The Bertz CT molecular complexity index is 1070. The molecule has 2 aromatic heterocycles. The summed E-state index contributed by atoms with van der Waals surface area (Å²) in [7, 11) is 0. The van der Waals surface area contributed by atoms with Gasteiger partial charge in [-0.1, -0.05) is 0 Å². The number of rotatable bonds is 5. The quantitative estimate of drug-likeness (QED) is 0.613. The number of nitrogens with zero attached hydrogens (tertiary/aromatic N) is 7. The van der Waals surface area contributed by atoms with E-state index in [0.29, 0.717) is 32.0 Å². The van der Waals surface area contributed by atoms with Crippen LogP contribution in [-0.4, -0.2) is 80.0 Å². The van der Waals surface area contributed by atoms with E-state index < -0.39 is 17.0 Å². The molecule has 1 atom stereocenters. The van der Waals surface area contributed by atoms with Gasteiger partial charge in [-0.2, -0.15) is 15.3 Å². The van der Waals surface area contributed by atoms with Crippen LogP contribution in [0.2, 0.25) is 0 Å². The van der Waals surface area contributed by atoms with Gasteiger partial charge >= 0.3 is 0 Å².